The lowest BCUT2D eigenvalue weighted by atomic mass is 10.3. The molecule has 0 aromatic carbocycles. The molecule has 0 spiro atoms. The summed E-state index contributed by atoms with van der Waals surface area (Å²) >= 11 is 0. The SMILES string of the molecule is CN(C(=O)c1cnc(C2=NOCCO2)n1C)c1cccnc1. The van der Waals surface area contributed by atoms with E-state index in [2.05, 4.69) is 15.1 Å². The van der Waals surface area contributed by atoms with Gasteiger partial charge in [-0.2, -0.15) is 0 Å². The van der Waals surface area contributed by atoms with E-state index in [9.17, 15) is 4.79 Å². The summed E-state index contributed by atoms with van der Waals surface area (Å²) in [5.74, 6) is 0.519. The number of imidazole rings is 1. The Labute approximate surface area is 127 Å². The summed E-state index contributed by atoms with van der Waals surface area (Å²) in [5, 5.41) is 3.81. The molecule has 2 aromatic heterocycles. The second kappa shape index (κ2) is 5.84. The zero-order chi connectivity index (χ0) is 15.5. The molecule has 0 saturated carbocycles. The molecule has 3 heterocycles. The lowest BCUT2D eigenvalue weighted by molar-refractivity contribution is 0.0646. The quantitative estimate of drug-likeness (QED) is 0.837. The fourth-order valence-corrected chi connectivity index (χ4v) is 2.06. The second-order valence-electron chi connectivity index (χ2n) is 4.68. The Morgan fingerprint density at radius 2 is 2.23 bits per heavy atom. The average molecular weight is 301 g/mol. The molecule has 1 aliphatic rings. The number of ether oxygens (including phenoxy) is 1. The lowest BCUT2D eigenvalue weighted by Crippen LogP contribution is -2.29. The molecule has 22 heavy (non-hydrogen) atoms. The fraction of sp³-hybridized carbons (Fsp3) is 0.286. The van der Waals surface area contributed by atoms with Crippen molar-refractivity contribution in [3.63, 3.8) is 0 Å². The number of carbonyl (C=O) groups is 1. The van der Waals surface area contributed by atoms with E-state index in [-0.39, 0.29) is 11.8 Å². The average Bonchev–Trinajstić information content (AvgIpc) is 2.96. The van der Waals surface area contributed by atoms with Gasteiger partial charge in [-0.15, -0.1) is 0 Å². The first kappa shape index (κ1) is 14.1. The molecule has 2 aromatic rings. The van der Waals surface area contributed by atoms with Gasteiger partial charge in [0.2, 0.25) is 0 Å². The third-order valence-electron chi connectivity index (χ3n) is 3.30. The molecule has 1 aliphatic heterocycles. The van der Waals surface area contributed by atoms with Crippen molar-refractivity contribution in [1.29, 1.82) is 0 Å². The van der Waals surface area contributed by atoms with E-state index >= 15 is 0 Å². The zero-order valence-corrected chi connectivity index (χ0v) is 12.3. The van der Waals surface area contributed by atoms with Crippen LogP contribution in [0.5, 0.6) is 0 Å². The van der Waals surface area contributed by atoms with E-state index < -0.39 is 0 Å². The molecule has 8 heteroatoms. The van der Waals surface area contributed by atoms with Gasteiger partial charge in [-0.1, -0.05) is 0 Å². The first-order chi connectivity index (χ1) is 10.7. The standard InChI is InChI=1S/C14H15N5O3/c1-18(10-4-3-5-15-8-10)14(20)11-9-16-12(19(11)2)13-17-22-7-6-21-13/h3-5,8-9H,6-7H2,1-2H3. The number of carbonyl (C=O) groups excluding carboxylic acids is 1. The van der Waals surface area contributed by atoms with Crippen molar-refractivity contribution < 1.29 is 14.4 Å². The third-order valence-corrected chi connectivity index (χ3v) is 3.30. The van der Waals surface area contributed by atoms with Crippen LogP contribution in [0.3, 0.4) is 0 Å². The first-order valence-electron chi connectivity index (χ1n) is 6.71. The lowest BCUT2D eigenvalue weighted by Gasteiger charge is -2.17. The predicted octanol–water partition coefficient (Wildman–Crippen LogP) is 0.800. The number of nitrogens with zero attached hydrogens (tertiary/aromatic N) is 5. The molecule has 0 saturated heterocycles. The van der Waals surface area contributed by atoms with E-state index in [1.165, 1.54) is 11.1 Å². The number of rotatable bonds is 3. The molecule has 0 unspecified atom stereocenters. The van der Waals surface area contributed by atoms with Crippen LogP contribution in [0, 0.1) is 0 Å². The van der Waals surface area contributed by atoms with E-state index in [0.717, 1.165) is 0 Å². The minimum absolute atomic E-state index is 0.202. The minimum atomic E-state index is -0.202. The van der Waals surface area contributed by atoms with E-state index in [4.69, 9.17) is 9.57 Å². The predicted molar refractivity (Wildman–Crippen MR) is 78.6 cm³/mol. The number of aromatic nitrogens is 3. The molecule has 0 aliphatic carbocycles. The molecule has 8 nitrogen and oxygen atoms in total. The normalized spacial score (nSPS) is 13.8. The van der Waals surface area contributed by atoms with Gasteiger partial charge >= 0.3 is 0 Å². The number of hydrogen-bond acceptors (Lipinski definition) is 6. The molecule has 0 radical (unpaired) electrons. The van der Waals surface area contributed by atoms with E-state index in [1.54, 1.807) is 37.1 Å². The van der Waals surface area contributed by atoms with Crippen molar-refractivity contribution in [2.45, 2.75) is 0 Å². The van der Waals surface area contributed by atoms with Gasteiger partial charge in [0, 0.05) is 20.3 Å². The van der Waals surface area contributed by atoms with Crippen LogP contribution in [-0.2, 0) is 16.6 Å². The van der Waals surface area contributed by atoms with Gasteiger partial charge in [-0.05, 0) is 17.3 Å². The first-order valence-corrected chi connectivity index (χ1v) is 6.71. The Morgan fingerprint density at radius 1 is 1.36 bits per heavy atom. The van der Waals surface area contributed by atoms with Gasteiger partial charge in [-0.25, -0.2) is 4.98 Å². The number of oxime groups is 1. The highest BCUT2D eigenvalue weighted by Gasteiger charge is 2.23. The Bertz CT molecular complexity index is 711. The summed E-state index contributed by atoms with van der Waals surface area (Å²) < 4.78 is 7.02. The van der Waals surface area contributed by atoms with Crippen molar-refractivity contribution >= 4 is 17.5 Å². The molecule has 0 N–H and O–H groups in total. The van der Waals surface area contributed by atoms with Gasteiger partial charge in [0.05, 0.1) is 18.1 Å². The summed E-state index contributed by atoms with van der Waals surface area (Å²) in [5.41, 5.74) is 1.11. The topological polar surface area (TPSA) is 81.8 Å². The Balaban J connectivity index is 1.88. The molecule has 1 amide bonds. The van der Waals surface area contributed by atoms with Gasteiger partial charge in [0.15, 0.2) is 12.4 Å². The highest BCUT2D eigenvalue weighted by molar-refractivity contribution is 6.05. The van der Waals surface area contributed by atoms with Crippen molar-refractivity contribution in [2.75, 3.05) is 25.2 Å². The fourth-order valence-electron chi connectivity index (χ4n) is 2.06. The smallest absolute Gasteiger partial charge is 0.294 e. The highest BCUT2D eigenvalue weighted by Crippen LogP contribution is 2.15. The van der Waals surface area contributed by atoms with Crippen LogP contribution in [0.25, 0.3) is 0 Å². The van der Waals surface area contributed by atoms with Gasteiger partial charge in [-0.3, -0.25) is 9.78 Å². The summed E-state index contributed by atoms with van der Waals surface area (Å²) in [4.78, 5) is 27.3. The van der Waals surface area contributed by atoms with Gasteiger partial charge in [0.25, 0.3) is 11.8 Å². The maximum Gasteiger partial charge on any atom is 0.294 e. The van der Waals surface area contributed by atoms with Crippen LogP contribution >= 0.6 is 0 Å². The van der Waals surface area contributed by atoms with Crippen molar-refractivity contribution in [2.24, 2.45) is 12.2 Å². The maximum atomic E-state index is 12.6. The Kier molecular flexibility index (Phi) is 3.73. The number of anilines is 1. The molecule has 0 bridgehead atoms. The summed E-state index contributed by atoms with van der Waals surface area (Å²) in [6, 6.07) is 3.58. The molecule has 114 valence electrons. The number of pyridine rings is 1. The van der Waals surface area contributed by atoms with Crippen LogP contribution < -0.4 is 4.90 Å². The Morgan fingerprint density at radius 3 is 2.91 bits per heavy atom. The van der Waals surface area contributed by atoms with Crippen LogP contribution in [0.4, 0.5) is 5.69 Å². The summed E-state index contributed by atoms with van der Waals surface area (Å²) in [6.07, 6.45) is 4.77. The molecular weight excluding hydrogens is 286 g/mol. The minimum Gasteiger partial charge on any atom is -0.469 e. The molecule has 0 fully saturated rings. The van der Waals surface area contributed by atoms with E-state index in [1.807, 2.05) is 6.07 Å². The van der Waals surface area contributed by atoms with Crippen LogP contribution in [0.1, 0.15) is 16.3 Å². The van der Waals surface area contributed by atoms with Crippen molar-refractivity contribution in [3.8, 4) is 0 Å². The van der Waals surface area contributed by atoms with E-state index in [0.29, 0.717) is 30.4 Å². The summed E-state index contributed by atoms with van der Waals surface area (Å²) in [6.45, 7) is 0.814. The Hall–Kier alpha value is -2.90. The zero-order valence-electron chi connectivity index (χ0n) is 12.3. The monoisotopic (exact) mass is 301 g/mol. The molecule has 0 atom stereocenters. The maximum absolute atomic E-state index is 12.6. The third kappa shape index (κ3) is 2.50. The van der Waals surface area contributed by atoms with Gasteiger partial charge < -0.3 is 19.0 Å². The van der Waals surface area contributed by atoms with Crippen molar-refractivity contribution in [1.82, 2.24) is 14.5 Å². The van der Waals surface area contributed by atoms with Crippen LogP contribution in [0.2, 0.25) is 0 Å². The molecular formula is C14H15N5O3. The second-order valence-corrected chi connectivity index (χ2v) is 4.68. The highest BCUT2D eigenvalue weighted by atomic mass is 16.7. The largest absolute Gasteiger partial charge is 0.469 e. The van der Waals surface area contributed by atoms with Crippen LogP contribution in [-0.4, -0.2) is 46.6 Å². The van der Waals surface area contributed by atoms with Gasteiger partial charge in [0.1, 0.15) is 12.3 Å². The van der Waals surface area contributed by atoms with Crippen molar-refractivity contribution in [3.05, 3.63) is 42.2 Å². The molecule has 3 rings (SSSR count). The summed E-state index contributed by atoms with van der Waals surface area (Å²) in [7, 11) is 3.41. The number of amides is 1. The van der Waals surface area contributed by atoms with Crippen LogP contribution in [0.15, 0.2) is 35.9 Å². The number of hydrogen-bond donors (Lipinski definition) is 0.